The monoisotopic (exact) mass is 274 g/mol. The summed E-state index contributed by atoms with van der Waals surface area (Å²) in [4.78, 5) is 7.54. The summed E-state index contributed by atoms with van der Waals surface area (Å²) in [5.74, 6) is 0.253. The molecule has 1 aromatic rings. The van der Waals surface area contributed by atoms with E-state index in [2.05, 4.69) is 25.9 Å². The van der Waals surface area contributed by atoms with E-state index in [0.29, 0.717) is 10.2 Å². The Labute approximate surface area is 87.0 Å². The smallest absolute Gasteiger partial charge is 0.220 e. The van der Waals surface area contributed by atoms with Crippen molar-refractivity contribution in [2.45, 2.75) is 5.88 Å². The first-order chi connectivity index (χ1) is 5.15. The maximum absolute atomic E-state index is 5.66. The van der Waals surface area contributed by atoms with E-state index in [1.807, 2.05) is 0 Å². The van der Waals surface area contributed by atoms with Gasteiger partial charge in [-0.1, -0.05) is 11.6 Å². The number of halogens is 4. The molecule has 0 saturated carbocycles. The predicted molar refractivity (Wildman–Crippen MR) is 49.3 cm³/mol. The third-order valence-corrected chi connectivity index (χ3v) is 2.74. The predicted octanol–water partition coefficient (Wildman–Crippen LogP) is 3.28. The van der Waals surface area contributed by atoms with E-state index in [1.165, 1.54) is 0 Å². The SMILES string of the molecule is ClCc1nc(Cl)nc(Cl)c1Br. The van der Waals surface area contributed by atoms with Crippen LogP contribution in [0.3, 0.4) is 0 Å². The lowest BCUT2D eigenvalue weighted by Gasteiger charge is -2.00. The van der Waals surface area contributed by atoms with Gasteiger partial charge in [-0.25, -0.2) is 9.97 Å². The summed E-state index contributed by atoms with van der Waals surface area (Å²) in [7, 11) is 0. The van der Waals surface area contributed by atoms with E-state index in [4.69, 9.17) is 34.8 Å². The maximum atomic E-state index is 5.66. The molecule has 0 unspecified atom stereocenters. The molecule has 0 spiro atoms. The maximum Gasteiger partial charge on any atom is 0.224 e. The van der Waals surface area contributed by atoms with E-state index in [-0.39, 0.29) is 16.3 Å². The molecule has 1 heterocycles. The largest absolute Gasteiger partial charge is 0.224 e. The van der Waals surface area contributed by atoms with Crippen molar-refractivity contribution in [2.75, 3.05) is 0 Å². The second-order valence-electron chi connectivity index (χ2n) is 1.68. The molecule has 0 bridgehead atoms. The minimum absolute atomic E-state index is 0.105. The minimum Gasteiger partial charge on any atom is -0.220 e. The molecule has 0 aliphatic heterocycles. The highest BCUT2D eigenvalue weighted by Gasteiger charge is 2.07. The first-order valence-electron chi connectivity index (χ1n) is 2.58. The van der Waals surface area contributed by atoms with Crippen molar-refractivity contribution in [1.82, 2.24) is 9.97 Å². The summed E-state index contributed by atoms with van der Waals surface area (Å²) in [5, 5.41) is 0.384. The Hall–Kier alpha value is 0.430. The number of nitrogens with zero attached hydrogens (tertiary/aromatic N) is 2. The molecule has 60 valence electrons. The normalized spacial score (nSPS) is 10.2. The van der Waals surface area contributed by atoms with Gasteiger partial charge >= 0.3 is 0 Å². The van der Waals surface area contributed by atoms with Crippen molar-refractivity contribution >= 4 is 50.7 Å². The molecule has 0 fully saturated rings. The van der Waals surface area contributed by atoms with Gasteiger partial charge in [0.15, 0.2) is 0 Å². The summed E-state index contributed by atoms with van der Waals surface area (Å²) < 4.78 is 0.596. The van der Waals surface area contributed by atoms with E-state index < -0.39 is 0 Å². The van der Waals surface area contributed by atoms with Crippen LogP contribution in [0.5, 0.6) is 0 Å². The number of rotatable bonds is 1. The summed E-state index contributed by atoms with van der Waals surface area (Å²) >= 11 is 19.9. The summed E-state index contributed by atoms with van der Waals surface area (Å²) in [5.41, 5.74) is 0.594. The Kier molecular flexibility index (Phi) is 3.37. The van der Waals surface area contributed by atoms with Gasteiger partial charge in [0.05, 0.1) is 16.0 Å². The second kappa shape index (κ2) is 3.90. The highest BCUT2D eigenvalue weighted by Crippen LogP contribution is 2.25. The highest BCUT2D eigenvalue weighted by atomic mass is 79.9. The molecular formula is C5H2BrCl3N2. The lowest BCUT2D eigenvalue weighted by atomic mass is 10.5. The fraction of sp³-hybridized carbons (Fsp3) is 0.200. The first-order valence-corrected chi connectivity index (χ1v) is 4.67. The van der Waals surface area contributed by atoms with Crippen molar-refractivity contribution in [3.63, 3.8) is 0 Å². The molecule has 2 nitrogen and oxygen atoms in total. The Morgan fingerprint density at radius 2 is 1.91 bits per heavy atom. The molecule has 1 rings (SSSR count). The Morgan fingerprint density at radius 3 is 2.45 bits per heavy atom. The van der Waals surface area contributed by atoms with Crippen LogP contribution in [0, 0.1) is 0 Å². The van der Waals surface area contributed by atoms with Crippen molar-refractivity contribution in [3.05, 3.63) is 20.6 Å². The zero-order valence-electron chi connectivity index (χ0n) is 5.11. The molecule has 1 aromatic heterocycles. The lowest BCUT2D eigenvalue weighted by molar-refractivity contribution is 1.07. The van der Waals surface area contributed by atoms with Gasteiger partial charge < -0.3 is 0 Å². The molecule has 0 saturated heterocycles. The molecule has 0 atom stereocenters. The van der Waals surface area contributed by atoms with Gasteiger partial charge in [0.2, 0.25) is 5.28 Å². The molecule has 6 heteroatoms. The van der Waals surface area contributed by atoms with Gasteiger partial charge in [-0.05, 0) is 27.5 Å². The van der Waals surface area contributed by atoms with Crippen molar-refractivity contribution in [2.24, 2.45) is 0 Å². The second-order valence-corrected chi connectivity index (χ2v) is 3.43. The first kappa shape index (κ1) is 9.52. The van der Waals surface area contributed by atoms with Crippen LogP contribution in [0.4, 0.5) is 0 Å². The molecule has 0 N–H and O–H groups in total. The van der Waals surface area contributed by atoms with E-state index in [9.17, 15) is 0 Å². The molecule has 0 amide bonds. The average molecular weight is 276 g/mol. The number of alkyl halides is 1. The quantitative estimate of drug-likeness (QED) is 0.447. The van der Waals surface area contributed by atoms with Crippen LogP contribution in [0.1, 0.15) is 5.69 Å². The minimum atomic E-state index is 0.105. The van der Waals surface area contributed by atoms with Gasteiger partial charge in [-0.15, -0.1) is 11.6 Å². The van der Waals surface area contributed by atoms with E-state index in [0.717, 1.165) is 0 Å². The molecule has 0 aromatic carbocycles. The Bertz CT molecular complexity index is 279. The van der Waals surface area contributed by atoms with Crippen LogP contribution in [0.2, 0.25) is 10.4 Å². The van der Waals surface area contributed by atoms with Crippen LogP contribution in [0.15, 0.2) is 4.47 Å². The zero-order chi connectivity index (χ0) is 8.43. The number of aromatic nitrogens is 2. The fourth-order valence-electron chi connectivity index (χ4n) is 0.523. The zero-order valence-corrected chi connectivity index (χ0v) is 8.97. The van der Waals surface area contributed by atoms with Gasteiger partial charge in [0, 0.05) is 0 Å². The number of hydrogen-bond acceptors (Lipinski definition) is 2. The Balaban J connectivity index is 3.24. The number of hydrogen-bond donors (Lipinski definition) is 0. The van der Waals surface area contributed by atoms with Gasteiger partial charge in [0.25, 0.3) is 0 Å². The van der Waals surface area contributed by atoms with Crippen LogP contribution in [-0.2, 0) is 5.88 Å². The van der Waals surface area contributed by atoms with Crippen molar-refractivity contribution < 1.29 is 0 Å². The van der Waals surface area contributed by atoms with E-state index >= 15 is 0 Å². The third-order valence-electron chi connectivity index (χ3n) is 0.979. The van der Waals surface area contributed by atoms with Crippen molar-refractivity contribution in [3.8, 4) is 0 Å². The van der Waals surface area contributed by atoms with Crippen molar-refractivity contribution in [1.29, 1.82) is 0 Å². The molecule has 0 aliphatic carbocycles. The molecule has 0 aliphatic rings. The molecule has 0 radical (unpaired) electrons. The standard InChI is InChI=1S/C5H2BrCl3N2/c6-3-2(1-7)10-5(9)11-4(3)8/h1H2. The van der Waals surface area contributed by atoms with Gasteiger partial charge in [0.1, 0.15) is 5.15 Å². The van der Waals surface area contributed by atoms with Gasteiger partial charge in [-0.2, -0.15) is 0 Å². The summed E-state index contributed by atoms with van der Waals surface area (Å²) in [6, 6.07) is 0. The fourth-order valence-corrected chi connectivity index (χ4v) is 1.61. The van der Waals surface area contributed by atoms with Crippen LogP contribution < -0.4 is 0 Å². The van der Waals surface area contributed by atoms with Crippen LogP contribution in [-0.4, -0.2) is 9.97 Å². The average Bonchev–Trinajstić information content (AvgIpc) is 1.96. The third kappa shape index (κ3) is 2.18. The van der Waals surface area contributed by atoms with Crippen LogP contribution >= 0.6 is 50.7 Å². The topological polar surface area (TPSA) is 25.8 Å². The van der Waals surface area contributed by atoms with Crippen LogP contribution in [0.25, 0.3) is 0 Å². The molecular weight excluding hydrogens is 274 g/mol. The summed E-state index contributed by atoms with van der Waals surface area (Å²) in [6.07, 6.45) is 0. The van der Waals surface area contributed by atoms with Gasteiger partial charge in [-0.3, -0.25) is 0 Å². The summed E-state index contributed by atoms with van der Waals surface area (Å²) in [6.45, 7) is 0. The van der Waals surface area contributed by atoms with E-state index in [1.54, 1.807) is 0 Å². The highest BCUT2D eigenvalue weighted by molar-refractivity contribution is 9.10. The Morgan fingerprint density at radius 1 is 1.27 bits per heavy atom. The lowest BCUT2D eigenvalue weighted by Crippen LogP contribution is -1.92. The molecule has 11 heavy (non-hydrogen) atoms.